The van der Waals surface area contributed by atoms with E-state index in [1.807, 2.05) is 25.1 Å². The zero-order valence-corrected chi connectivity index (χ0v) is 18.0. The number of carbonyl (C=O) groups is 3. The van der Waals surface area contributed by atoms with Crippen molar-refractivity contribution >= 4 is 17.8 Å². The molecule has 8 nitrogen and oxygen atoms in total. The Morgan fingerprint density at radius 3 is 2.41 bits per heavy atom. The molecule has 2 amide bonds. The van der Waals surface area contributed by atoms with Crippen molar-refractivity contribution in [3.8, 4) is 11.5 Å². The van der Waals surface area contributed by atoms with Crippen LogP contribution in [-0.2, 0) is 25.5 Å². The highest BCUT2D eigenvalue weighted by Gasteiger charge is 2.25. The van der Waals surface area contributed by atoms with Crippen molar-refractivity contribution in [2.24, 2.45) is 5.41 Å². The Labute approximate surface area is 171 Å². The van der Waals surface area contributed by atoms with E-state index in [0.29, 0.717) is 12.2 Å². The molecule has 1 aliphatic rings. The normalized spacial score (nSPS) is 13.6. The first-order chi connectivity index (χ1) is 13.5. The number of ether oxygens (including phenoxy) is 3. The molecular weight excluding hydrogens is 376 g/mol. The Balaban J connectivity index is 1.83. The van der Waals surface area contributed by atoms with Crippen molar-refractivity contribution in [3.05, 3.63) is 23.8 Å². The Morgan fingerprint density at radius 2 is 1.76 bits per heavy atom. The number of likely N-dealkylation sites (N-methyl/N-ethyl adjacent to an activating group) is 2. The predicted molar refractivity (Wildman–Crippen MR) is 107 cm³/mol. The van der Waals surface area contributed by atoms with Crippen molar-refractivity contribution in [2.45, 2.75) is 40.2 Å². The lowest BCUT2D eigenvalue weighted by Gasteiger charge is -2.27. The van der Waals surface area contributed by atoms with E-state index in [1.54, 1.807) is 32.7 Å². The molecule has 8 heteroatoms. The molecule has 0 radical (unpaired) electrons. The van der Waals surface area contributed by atoms with Gasteiger partial charge in [-0.2, -0.15) is 0 Å². The molecule has 29 heavy (non-hydrogen) atoms. The average molecular weight is 406 g/mol. The van der Waals surface area contributed by atoms with E-state index in [0.717, 1.165) is 11.3 Å². The first-order valence-electron chi connectivity index (χ1n) is 9.54. The van der Waals surface area contributed by atoms with Crippen LogP contribution in [0.25, 0.3) is 0 Å². The van der Waals surface area contributed by atoms with Crippen LogP contribution in [-0.4, -0.2) is 67.7 Å². The monoisotopic (exact) mass is 406 g/mol. The largest absolute Gasteiger partial charge is 0.455 e. The first kappa shape index (κ1) is 22.5. The van der Waals surface area contributed by atoms with Crippen LogP contribution in [0.1, 0.15) is 33.3 Å². The summed E-state index contributed by atoms with van der Waals surface area (Å²) in [5.74, 6) is 0.348. The van der Waals surface area contributed by atoms with E-state index in [1.165, 1.54) is 11.9 Å². The van der Waals surface area contributed by atoms with Crippen LogP contribution < -0.4 is 9.47 Å². The summed E-state index contributed by atoms with van der Waals surface area (Å²) in [5.41, 5.74) is 0.346. The lowest BCUT2D eigenvalue weighted by Crippen LogP contribution is -2.44. The molecule has 0 aliphatic carbocycles. The summed E-state index contributed by atoms with van der Waals surface area (Å²) in [5, 5.41) is 0. The minimum Gasteiger partial charge on any atom is -0.455 e. The van der Waals surface area contributed by atoms with Crippen LogP contribution in [0.3, 0.4) is 0 Å². The second-order valence-corrected chi connectivity index (χ2v) is 8.32. The first-order valence-corrected chi connectivity index (χ1v) is 9.54. The maximum atomic E-state index is 12.6. The van der Waals surface area contributed by atoms with Crippen LogP contribution in [0, 0.1) is 5.41 Å². The highest BCUT2D eigenvalue weighted by Crippen LogP contribution is 2.32. The molecular formula is C21H30N2O6. The van der Waals surface area contributed by atoms with Gasteiger partial charge in [0.25, 0.3) is 5.91 Å². The van der Waals surface area contributed by atoms with Gasteiger partial charge in [-0.3, -0.25) is 14.4 Å². The smallest absolute Gasteiger partial charge is 0.311 e. The SMILES string of the molecule is CC(Cc1ccc2c(c1)OCO2)N(C)C(=O)CN(C)C(=O)COC(=O)C(C)(C)C. The Kier molecular flexibility index (Phi) is 7.11. The summed E-state index contributed by atoms with van der Waals surface area (Å²) in [6.45, 7) is 6.83. The van der Waals surface area contributed by atoms with Gasteiger partial charge in [-0.25, -0.2) is 0 Å². The molecule has 0 saturated carbocycles. The Hall–Kier alpha value is -2.77. The van der Waals surface area contributed by atoms with Crippen LogP contribution >= 0.6 is 0 Å². The molecule has 0 N–H and O–H groups in total. The van der Waals surface area contributed by atoms with Crippen LogP contribution in [0.2, 0.25) is 0 Å². The molecule has 1 unspecified atom stereocenters. The topological polar surface area (TPSA) is 85.4 Å². The Bertz CT molecular complexity index is 771. The molecule has 1 heterocycles. The van der Waals surface area contributed by atoms with Crippen molar-refractivity contribution in [1.29, 1.82) is 0 Å². The van der Waals surface area contributed by atoms with E-state index in [2.05, 4.69) is 0 Å². The summed E-state index contributed by atoms with van der Waals surface area (Å²) in [7, 11) is 3.22. The van der Waals surface area contributed by atoms with Crippen LogP contribution in [0.15, 0.2) is 18.2 Å². The third kappa shape index (κ3) is 6.10. The fourth-order valence-electron chi connectivity index (χ4n) is 2.65. The number of esters is 1. The number of nitrogens with zero attached hydrogens (tertiary/aromatic N) is 2. The van der Waals surface area contributed by atoms with Crippen LogP contribution in [0.4, 0.5) is 0 Å². The second-order valence-electron chi connectivity index (χ2n) is 8.32. The summed E-state index contributed by atoms with van der Waals surface area (Å²) in [4.78, 5) is 39.4. The summed E-state index contributed by atoms with van der Waals surface area (Å²) in [6.07, 6.45) is 0.639. The third-order valence-electron chi connectivity index (χ3n) is 4.76. The minimum atomic E-state index is -0.682. The van der Waals surface area contributed by atoms with E-state index in [4.69, 9.17) is 14.2 Å². The summed E-state index contributed by atoms with van der Waals surface area (Å²) < 4.78 is 15.7. The molecule has 0 aromatic heterocycles. The number of rotatable bonds is 7. The maximum Gasteiger partial charge on any atom is 0.311 e. The lowest BCUT2D eigenvalue weighted by atomic mass is 9.97. The molecule has 0 fully saturated rings. The van der Waals surface area contributed by atoms with Gasteiger partial charge in [-0.15, -0.1) is 0 Å². The van der Waals surface area contributed by atoms with E-state index in [-0.39, 0.29) is 31.9 Å². The van der Waals surface area contributed by atoms with Crippen molar-refractivity contribution in [2.75, 3.05) is 34.0 Å². The molecule has 0 spiro atoms. The fraction of sp³-hybridized carbons (Fsp3) is 0.571. The number of hydrogen-bond donors (Lipinski definition) is 0. The lowest BCUT2D eigenvalue weighted by molar-refractivity contribution is -0.159. The van der Waals surface area contributed by atoms with Crippen molar-refractivity contribution in [1.82, 2.24) is 9.80 Å². The zero-order chi connectivity index (χ0) is 21.8. The molecule has 160 valence electrons. The van der Waals surface area contributed by atoms with Gasteiger partial charge < -0.3 is 24.0 Å². The number of carbonyl (C=O) groups excluding carboxylic acids is 3. The predicted octanol–water partition coefficient (Wildman–Crippen LogP) is 1.85. The van der Waals surface area contributed by atoms with Gasteiger partial charge in [0, 0.05) is 20.1 Å². The zero-order valence-electron chi connectivity index (χ0n) is 18.0. The number of benzene rings is 1. The molecule has 0 bridgehead atoms. The second kappa shape index (κ2) is 9.15. The average Bonchev–Trinajstić information content (AvgIpc) is 3.11. The van der Waals surface area contributed by atoms with Gasteiger partial charge in [0.15, 0.2) is 18.1 Å². The number of fused-ring (bicyclic) bond motifs is 1. The minimum absolute atomic E-state index is 0.0786. The summed E-state index contributed by atoms with van der Waals surface area (Å²) >= 11 is 0. The standard InChI is InChI=1S/C21H30N2O6/c1-14(9-15-7-8-16-17(10-15)29-13-28-16)23(6)18(24)11-22(5)19(25)12-27-20(26)21(2,3)4/h7-8,10,14H,9,11-13H2,1-6H3. The molecule has 2 rings (SSSR count). The van der Waals surface area contributed by atoms with Gasteiger partial charge in [-0.05, 0) is 51.8 Å². The fourth-order valence-corrected chi connectivity index (χ4v) is 2.65. The molecule has 1 aliphatic heterocycles. The van der Waals surface area contributed by atoms with Gasteiger partial charge in [-0.1, -0.05) is 6.07 Å². The van der Waals surface area contributed by atoms with Crippen molar-refractivity contribution < 1.29 is 28.6 Å². The molecule has 1 atom stereocenters. The van der Waals surface area contributed by atoms with Gasteiger partial charge in [0.1, 0.15) is 0 Å². The van der Waals surface area contributed by atoms with Crippen LogP contribution in [0.5, 0.6) is 11.5 Å². The number of amides is 2. The summed E-state index contributed by atoms with van der Waals surface area (Å²) in [6, 6.07) is 5.64. The molecule has 1 aromatic rings. The highest BCUT2D eigenvalue weighted by molar-refractivity contribution is 5.86. The third-order valence-corrected chi connectivity index (χ3v) is 4.76. The van der Waals surface area contributed by atoms with Gasteiger partial charge in [0.05, 0.1) is 12.0 Å². The highest BCUT2D eigenvalue weighted by atomic mass is 16.7. The van der Waals surface area contributed by atoms with Gasteiger partial charge >= 0.3 is 5.97 Å². The van der Waals surface area contributed by atoms with E-state index >= 15 is 0 Å². The maximum absolute atomic E-state index is 12.6. The Morgan fingerprint density at radius 1 is 1.10 bits per heavy atom. The van der Waals surface area contributed by atoms with Crippen molar-refractivity contribution in [3.63, 3.8) is 0 Å². The van der Waals surface area contributed by atoms with E-state index in [9.17, 15) is 14.4 Å². The quantitative estimate of drug-likeness (QED) is 0.643. The molecule has 0 saturated heterocycles. The van der Waals surface area contributed by atoms with E-state index < -0.39 is 17.3 Å². The number of hydrogen-bond acceptors (Lipinski definition) is 6. The van der Waals surface area contributed by atoms with Gasteiger partial charge in [0.2, 0.25) is 12.7 Å². The molecule has 1 aromatic carbocycles.